The second kappa shape index (κ2) is 7.39. The van der Waals surface area contributed by atoms with E-state index in [-0.39, 0.29) is 30.7 Å². The van der Waals surface area contributed by atoms with Crippen LogP contribution in [0.25, 0.3) is 0 Å². The summed E-state index contributed by atoms with van der Waals surface area (Å²) >= 11 is 3.42. The van der Waals surface area contributed by atoms with Crippen molar-refractivity contribution in [1.82, 2.24) is 9.80 Å². The number of methoxy groups -OCH3 is 1. The van der Waals surface area contributed by atoms with E-state index in [4.69, 9.17) is 4.74 Å². The fourth-order valence-electron chi connectivity index (χ4n) is 3.75. The third-order valence-corrected chi connectivity index (χ3v) is 5.75. The molecule has 0 bridgehead atoms. The Morgan fingerprint density at radius 1 is 1.11 bits per heavy atom. The van der Waals surface area contributed by atoms with Gasteiger partial charge in [-0.05, 0) is 47.9 Å². The van der Waals surface area contributed by atoms with E-state index < -0.39 is 6.04 Å². The smallest absolute Gasteiger partial charge is 0.255 e. The second-order valence-corrected chi connectivity index (χ2v) is 7.87. The van der Waals surface area contributed by atoms with Crippen LogP contribution in [0.15, 0.2) is 46.9 Å². The summed E-state index contributed by atoms with van der Waals surface area (Å²) in [5.41, 5.74) is 2.35. The number of carbonyl (C=O) groups is 3. The normalized spacial score (nSPS) is 19.2. The molecule has 2 aliphatic heterocycles. The summed E-state index contributed by atoms with van der Waals surface area (Å²) in [5.74, 6) is 0.0420. The largest absolute Gasteiger partial charge is 0.497 e. The Balaban J connectivity index is 1.54. The molecule has 0 saturated carbocycles. The lowest BCUT2D eigenvalue weighted by Gasteiger charge is -2.35. The molecule has 1 saturated heterocycles. The van der Waals surface area contributed by atoms with E-state index in [0.29, 0.717) is 24.3 Å². The van der Waals surface area contributed by atoms with Crippen LogP contribution in [0, 0.1) is 0 Å². The Bertz CT molecular complexity index is 957. The number of ether oxygens (including phenoxy) is 1. The van der Waals surface area contributed by atoms with E-state index in [9.17, 15) is 14.4 Å². The van der Waals surface area contributed by atoms with E-state index in [1.165, 1.54) is 4.90 Å². The molecule has 0 aromatic heterocycles. The van der Waals surface area contributed by atoms with Crippen molar-refractivity contribution >= 4 is 33.7 Å². The molecule has 0 aliphatic carbocycles. The van der Waals surface area contributed by atoms with Gasteiger partial charge >= 0.3 is 0 Å². The van der Waals surface area contributed by atoms with Gasteiger partial charge in [0.1, 0.15) is 11.8 Å². The van der Waals surface area contributed by atoms with E-state index in [1.54, 1.807) is 30.2 Å². The standard InChI is InChI=1S/C21H19BrN2O4/c1-28-16-5-2-13(3-6-16)11-24-19(25)9-8-18(21(24)27)23-12-14-10-15(22)4-7-17(14)20(23)26/h2-7,10,18H,8-9,11-12H2,1H3. The predicted molar refractivity (Wildman–Crippen MR) is 106 cm³/mol. The molecule has 6 nitrogen and oxygen atoms in total. The number of piperidine rings is 1. The van der Waals surface area contributed by atoms with Crippen LogP contribution in [0.3, 0.4) is 0 Å². The number of hydrogen-bond acceptors (Lipinski definition) is 4. The van der Waals surface area contributed by atoms with Crippen molar-refractivity contribution in [3.05, 3.63) is 63.6 Å². The van der Waals surface area contributed by atoms with Gasteiger partial charge in [-0.15, -0.1) is 0 Å². The zero-order chi connectivity index (χ0) is 19.8. The number of carbonyl (C=O) groups excluding carboxylic acids is 3. The Hall–Kier alpha value is -2.67. The summed E-state index contributed by atoms with van der Waals surface area (Å²) in [6.45, 7) is 0.577. The molecule has 144 valence electrons. The number of fused-ring (bicyclic) bond motifs is 1. The summed E-state index contributed by atoms with van der Waals surface area (Å²) in [6.07, 6.45) is 0.605. The zero-order valence-electron chi connectivity index (χ0n) is 15.4. The quantitative estimate of drug-likeness (QED) is 0.682. The predicted octanol–water partition coefficient (Wildman–Crippen LogP) is 3.13. The number of imide groups is 1. The molecular weight excluding hydrogens is 424 g/mol. The average molecular weight is 443 g/mol. The molecule has 1 atom stereocenters. The van der Waals surface area contributed by atoms with Crippen molar-refractivity contribution in [3.8, 4) is 5.75 Å². The maximum Gasteiger partial charge on any atom is 0.255 e. The lowest BCUT2D eigenvalue weighted by atomic mass is 10.0. The fourth-order valence-corrected chi connectivity index (χ4v) is 4.16. The number of likely N-dealkylation sites (tertiary alicyclic amines) is 1. The van der Waals surface area contributed by atoms with Crippen LogP contribution in [-0.2, 0) is 22.7 Å². The first-order valence-electron chi connectivity index (χ1n) is 9.04. The third kappa shape index (κ3) is 3.30. The molecule has 2 aromatic rings. The lowest BCUT2D eigenvalue weighted by molar-refractivity contribution is -0.153. The molecular formula is C21H19BrN2O4. The van der Waals surface area contributed by atoms with E-state index in [2.05, 4.69) is 15.9 Å². The van der Waals surface area contributed by atoms with Crippen LogP contribution in [0.1, 0.15) is 34.3 Å². The highest BCUT2D eigenvalue weighted by atomic mass is 79.9. The van der Waals surface area contributed by atoms with Crippen LogP contribution >= 0.6 is 15.9 Å². The molecule has 4 rings (SSSR count). The third-order valence-electron chi connectivity index (χ3n) is 5.26. The minimum atomic E-state index is -0.616. The topological polar surface area (TPSA) is 66.9 Å². The molecule has 1 unspecified atom stereocenters. The summed E-state index contributed by atoms with van der Waals surface area (Å²) in [5, 5.41) is 0. The molecule has 0 spiro atoms. The molecule has 2 aliphatic rings. The molecule has 0 N–H and O–H groups in total. The van der Waals surface area contributed by atoms with Crippen LogP contribution < -0.4 is 4.74 Å². The van der Waals surface area contributed by atoms with Gasteiger partial charge in [-0.1, -0.05) is 28.1 Å². The number of halogens is 1. The summed E-state index contributed by atoms with van der Waals surface area (Å²) in [6, 6.07) is 12.1. The first kappa shape index (κ1) is 18.7. The second-order valence-electron chi connectivity index (χ2n) is 6.96. The summed E-state index contributed by atoms with van der Waals surface area (Å²) < 4.78 is 6.04. The number of nitrogens with zero attached hydrogens (tertiary/aromatic N) is 2. The van der Waals surface area contributed by atoms with E-state index in [0.717, 1.165) is 15.6 Å². The molecule has 3 amide bonds. The first-order valence-corrected chi connectivity index (χ1v) is 9.84. The number of hydrogen-bond donors (Lipinski definition) is 0. The van der Waals surface area contributed by atoms with Gasteiger partial charge in [-0.3, -0.25) is 19.3 Å². The number of benzene rings is 2. The van der Waals surface area contributed by atoms with Gasteiger partial charge in [0.05, 0.1) is 13.7 Å². The maximum absolute atomic E-state index is 13.1. The summed E-state index contributed by atoms with van der Waals surface area (Å²) in [4.78, 5) is 41.2. The first-order chi connectivity index (χ1) is 13.5. The zero-order valence-corrected chi connectivity index (χ0v) is 16.9. The highest BCUT2D eigenvalue weighted by Crippen LogP contribution is 2.31. The molecule has 1 fully saturated rings. The highest BCUT2D eigenvalue weighted by Gasteiger charge is 2.42. The van der Waals surface area contributed by atoms with Gasteiger partial charge in [0.15, 0.2) is 0 Å². The van der Waals surface area contributed by atoms with E-state index in [1.807, 2.05) is 24.3 Å². The van der Waals surface area contributed by atoms with Crippen LogP contribution in [0.2, 0.25) is 0 Å². The molecule has 2 heterocycles. The average Bonchev–Trinajstić information content (AvgIpc) is 3.01. The van der Waals surface area contributed by atoms with Crippen LogP contribution in [-0.4, -0.2) is 40.7 Å². The Morgan fingerprint density at radius 2 is 1.86 bits per heavy atom. The van der Waals surface area contributed by atoms with Gasteiger partial charge in [-0.25, -0.2) is 0 Å². The minimum Gasteiger partial charge on any atom is -0.497 e. The number of rotatable bonds is 4. The molecule has 28 heavy (non-hydrogen) atoms. The van der Waals surface area contributed by atoms with Crippen LogP contribution in [0.4, 0.5) is 0 Å². The van der Waals surface area contributed by atoms with Crippen molar-refractivity contribution in [2.24, 2.45) is 0 Å². The van der Waals surface area contributed by atoms with Crippen molar-refractivity contribution in [2.75, 3.05) is 7.11 Å². The fraction of sp³-hybridized carbons (Fsp3) is 0.286. The lowest BCUT2D eigenvalue weighted by Crippen LogP contribution is -2.54. The van der Waals surface area contributed by atoms with Gasteiger partial charge < -0.3 is 9.64 Å². The van der Waals surface area contributed by atoms with Crippen molar-refractivity contribution in [3.63, 3.8) is 0 Å². The number of amides is 3. The van der Waals surface area contributed by atoms with Crippen molar-refractivity contribution < 1.29 is 19.1 Å². The minimum absolute atomic E-state index is 0.153. The van der Waals surface area contributed by atoms with Gasteiger partial charge in [0.25, 0.3) is 11.8 Å². The monoisotopic (exact) mass is 442 g/mol. The van der Waals surface area contributed by atoms with E-state index >= 15 is 0 Å². The summed E-state index contributed by atoms with van der Waals surface area (Å²) in [7, 11) is 1.58. The Morgan fingerprint density at radius 3 is 2.57 bits per heavy atom. The van der Waals surface area contributed by atoms with Gasteiger partial charge in [0.2, 0.25) is 5.91 Å². The van der Waals surface area contributed by atoms with Crippen LogP contribution in [0.5, 0.6) is 5.75 Å². The Labute approximate surface area is 171 Å². The molecule has 2 aromatic carbocycles. The van der Waals surface area contributed by atoms with Gasteiger partial charge in [-0.2, -0.15) is 0 Å². The highest BCUT2D eigenvalue weighted by molar-refractivity contribution is 9.10. The molecule has 7 heteroatoms. The van der Waals surface area contributed by atoms with Crippen molar-refractivity contribution in [2.45, 2.75) is 32.0 Å². The van der Waals surface area contributed by atoms with Gasteiger partial charge in [0, 0.05) is 23.0 Å². The molecule has 0 radical (unpaired) electrons. The SMILES string of the molecule is COc1ccc(CN2C(=O)CCC(N3Cc4cc(Br)ccc4C3=O)C2=O)cc1. The van der Waals surface area contributed by atoms with Crippen molar-refractivity contribution in [1.29, 1.82) is 0 Å². The Kier molecular flexibility index (Phi) is 4.93. The maximum atomic E-state index is 13.1.